The summed E-state index contributed by atoms with van der Waals surface area (Å²) in [7, 11) is 1.07. The van der Waals surface area contributed by atoms with Gasteiger partial charge in [-0.15, -0.1) is 0 Å². The van der Waals surface area contributed by atoms with Gasteiger partial charge in [-0.25, -0.2) is 4.89 Å². The van der Waals surface area contributed by atoms with E-state index in [-0.39, 0.29) is 23.0 Å². The molecular weight excluding hydrogens is 286 g/mol. The highest BCUT2D eigenvalue weighted by Crippen LogP contribution is 2.38. The highest BCUT2D eigenvalue weighted by molar-refractivity contribution is 7.94. The molecule has 0 amide bonds. The Bertz CT molecular complexity index is 382. The van der Waals surface area contributed by atoms with Crippen molar-refractivity contribution in [2.75, 3.05) is 7.11 Å². The third-order valence-corrected chi connectivity index (χ3v) is 2.39. The molecule has 9 heteroatoms. The second-order valence-corrected chi connectivity index (χ2v) is 3.83. The molecule has 0 spiro atoms. The minimum absolute atomic E-state index is 0.0386. The molecule has 0 aliphatic rings. The zero-order valence-corrected chi connectivity index (χ0v) is 9.54. The van der Waals surface area contributed by atoms with Crippen molar-refractivity contribution in [3.8, 4) is 0 Å². The first kappa shape index (κ1) is 15.1. The van der Waals surface area contributed by atoms with E-state index in [0.29, 0.717) is 12.1 Å². The number of benzene rings is 1. The van der Waals surface area contributed by atoms with E-state index in [1.54, 1.807) is 0 Å². The van der Waals surface area contributed by atoms with E-state index in [0.717, 1.165) is 7.11 Å². The third kappa shape index (κ3) is 4.07. The van der Waals surface area contributed by atoms with E-state index < -0.39 is 23.5 Å². The number of alkyl halides is 6. The standard InChI is InChI=1S/C9H6F6O2S/c1-16-17-18-7-3-5(8(10,11)12)2-6(4-7)9(13,14)15/h2-4H,1H3. The van der Waals surface area contributed by atoms with E-state index in [1.807, 2.05) is 0 Å². The van der Waals surface area contributed by atoms with Crippen molar-refractivity contribution in [1.29, 1.82) is 0 Å². The van der Waals surface area contributed by atoms with Gasteiger partial charge < -0.3 is 0 Å². The Labute approximate surface area is 102 Å². The molecule has 0 aromatic heterocycles. The van der Waals surface area contributed by atoms with Crippen LogP contribution in [0.2, 0.25) is 0 Å². The van der Waals surface area contributed by atoms with Gasteiger partial charge in [0.15, 0.2) is 0 Å². The average Bonchev–Trinajstić information content (AvgIpc) is 2.23. The number of halogens is 6. The Morgan fingerprint density at radius 1 is 0.889 bits per heavy atom. The van der Waals surface area contributed by atoms with Crippen LogP contribution in [-0.2, 0) is 21.6 Å². The highest BCUT2D eigenvalue weighted by atomic mass is 32.2. The minimum Gasteiger partial charge on any atom is -0.227 e. The van der Waals surface area contributed by atoms with Gasteiger partial charge in [0.1, 0.15) is 0 Å². The van der Waals surface area contributed by atoms with Crippen LogP contribution in [0.4, 0.5) is 26.3 Å². The molecule has 0 saturated carbocycles. The molecule has 18 heavy (non-hydrogen) atoms. The van der Waals surface area contributed by atoms with Gasteiger partial charge in [0, 0.05) is 4.90 Å². The van der Waals surface area contributed by atoms with E-state index >= 15 is 0 Å². The van der Waals surface area contributed by atoms with Crippen molar-refractivity contribution in [2.24, 2.45) is 0 Å². The van der Waals surface area contributed by atoms with Crippen LogP contribution in [0.3, 0.4) is 0 Å². The number of hydrogen-bond acceptors (Lipinski definition) is 3. The molecule has 2 nitrogen and oxygen atoms in total. The lowest BCUT2D eigenvalue weighted by Crippen LogP contribution is -2.10. The summed E-state index contributed by atoms with van der Waals surface area (Å²) in [5.74, 6) is 0. The molecule has 1 aromatic carbocycles. The maximum atomic E-state index is 12.4. The lowest BCUT2D eigenvalue weighted by molar-refractivity contribution is -0.160. The van der Waals surface area contributed by atoms with Gasteiger partial charge in [-0.1, -0.05) is 0 Å². The van der Waals surface area contributed by atoms with Gasteiger partial charge in [0.2, 0.25) is 0 Å². The largest absolute Gasteiger partial charge is 0.416 e. The molecular formula is C9H6F6O2S. The fourth-order valence-corrected chi connectivity index (χ4v) is 1.54. The van der Waals surface area contributed by atoms with Gasteiger partial charge in [0.05, 0.1) is 30.3 Å². The van der Waals surface area contributed by atoms with Crippen LogP contribution in [-0.4, -0.2) is 7.11 Å². The van der Waals surface area contributed by atoms with Crippen LogP contribution in [0.1, 0.15) is 11.1 Å². The Kier molecular flexibility index (Phi) is 4.51. The third-order valence-electron chi connectivity index (χ3n) is 1.76. The quantitative estimate of drug-likeness (QED) is 0.358. The molecule has 102 valence electrons. The summed E-state index contributed by atoms with van der Waals surface area (Å²) in [4.78, 5) is 3.74. The van der Waals surface area contributed by atoms with Gasteiger partial charge >= 0.3 is 12.4 Å². The van der Waals surface area contributed by atoms with Crippen molar-refractivity contribution < 1.29 is 35.6 Å². The maximum absolute atomic E-state index is 12.4. The lowest BCUT2D eigenvalue weighted by Gasteiger charge is -2.13. The van der Waals surface area contributed by atoms with Gasteiger partial charge in [-0.05, 0) is 18.2 Å². The Balaban J connectivity index is 3.21. The first-order valence-electron chi connectivity index (χ1n) is 4.31. The van der Waals surface area contributed by atoms with Gasteiger partial charge in [-0.3, -0.25) is 0 Å². The Morgan fingerprint density at radius 3 is 1.67 bits per heavy atom. The minimum atomic E-state index is -4.87. The van der Waals surface area contributed by atoms with E-state index in [4.69, 9.17) is 0 Å². The fraction of sp³-hybridized carbons (Fsp3) is 0.333. The van der Waals surface area contributed by atoms with Crippen LogP contribution in [0.25, 0.3) is 0 Å². The molecule has 0 aliphatic heterocycles. The topological polar surface area (TPSA) is 18.5 Å². The summed E-state index contributed by atoms with van der Waals surface area (Å²) in [6.07, 6.45) is -9.74. The zero-order chi connectivity index (χ0) is 14.0. The number of rotatable bonds is 3. The van der Waals surface area contributed by atoms with Crippen molar-refractivity contribution in [1.82, 2.24) is 0 Å². The smallest absolute Gasteiger partial charge is 0.227 e. The van der Waals surface area contributed by atoms with Gasteiger partial charge in [0.25, 0.3) is 0 Å². The highest BCUT2D eigenvalue weighted by Gasteiger charge is 2.37. The maximum Gasteiger partial charge on any atom is 0.416 e. The first-order valence-corrected chi connectivity index (χ1v) is 5.05. The second-order valence-electron chi connectivity index (χ2n) is 3.06. The molecule has 0 bridgehead atoms. The summed E-state index contributed by atoms with van der Waals surface area (Å²) >= 11 is 0.259. The molecule has 0 unspecified atom stereocenters. The summed E-state index contributed by atoms with van der Waals surface area (Å²) in [6.45, 7) is 0. The molecule has 1 rings (SSSR count). The molecule has 0 N–H and O–H groups in total. The van der Waals surface area contributed by atoms with Crippen molar-refractivity contribution in [3.05, 3.63) is 29.3 Å². The zero-order valence-electron chi connectivity index (χ0n) is 8.72. The normalized spacial score (nSPS) is 12.8. The SMILES string of the molecule is COOSc1cc(C(F)(F)F)cc(C(F)(F)F)c1. The number of hydrogen-bond donors (Lipinski definition) is 0. The summed E-state index contributed by atoms with van der Waals surface area (Å²) < 4.78 is 78.7. The second kappa shape index (κ2) is 5.37. The first-order chi connectivity index (χ1) is 8.14. The van der Waals surface area contributed by atoms with Crippen molar-refractivity contribution in [3.63, 3.8) is 0 Å². The molecule has 0 radical (unpaired) electrons. The molecule has 0 fully saturated rings. The lowest BCUT2D eigenvalue weighted by atomic mass is 10.1. The van der Waals surface area contributed by atoms with E-state index in [1.165, 1.54) is 0 Å². The van der Waals surface area contributed by atoms with Gasteiger partial charge in [-0.2, -0.15) is 30.7 Å². The van der Waals surface area contributed by atoms with E-state index in [9.17, 15) is 26.3 Å². The Hall–Kier alpha value is -0.930. The fourth-order valence-electron chi connectivity index (χ4n) is 1.05. The summed E-state index contributed by atoms with van der Waals surface area (Å²) in [6, 6.07) is 1.12. The predicted molar refractivity (Wildman–Crippen MR) is 50.4 cm³/mol. The average molecular weight is 292 g/mol. The van der Waals surface area contributed by atoms with Crippen LogP contribution >= 0.6 is 12.0 Å². The molecule has 0 heterocycles. The predicted octanol–water partition coefficient (Wildman–Crippen LogP) is 4.31. The van der Waals surface area contributed by atoms with Crippen LogP contribution in [0.5, 0.6) is 0 Å². The Morgan fingerprint density at radius 2 is 1.33 bits per heavy atom. The molecule has 0 saturated heterocycles. The molecule has 1 aromatic rings. The summed E-state index contributed by atoms with van der Waals surface area (Å²) in [5.41, 5.74) is -2.81. The van der Waals surface area contributed by atoms with Crippen LogP contribution in [0, 0.1) is 0 Å². The van der Waals surface area contributed by atoms with Crippen LogP contribution in [0.15, 0.2) is 23.1 Å². The van der Waals surface area contributed by atoms with Crippen molar-refractivity contribution in [2.45, 2.75) is 17.2 Å². The molecule has 0 aliphatic carbocycles. The molecule has 0 atom stereocenters. The van der Waals surface area contributed by atoms with E-state index in [2.05, 4.69) is 9.22 Å². The van der Waals surface area contributed by atoms with Crippen LogP contribution < -0.4 is 0 Å². The van der Waals surface area contributed by atoms with Crippen molar-refractivity contribution >= 4 is 12.0 Å². The monoisotopic (exact) mass is 292 g/mol. The summed E-state index contributed by atoms with van der Waals surface area (Å²) in [5, 5.41) is 0.